The van der Waals surface area contributed by atoms with Crippen LogP contribution in [-0.2, 0) is 4.74 Å². The number of primary amides is 1. The number of nitrogens with zero attached hydrogens (tertiary/aromatic N) is 2. The molecule has 0 saturated heterocycles. The Bertz CT molecular complexity index is 1310. The van der Waals surface area contributed by atoms with Crippen molar-refractivity contribution >= 4 is 22.5 Å². The Morgan fingerprint density at radius 2 is 2.03 bits per heavy atom. The second-order valence-electron chi connectivity index (χ2n) is 7.88. The van der Waals surface area contributed by atoms with Crippen molar-refractivity contribution in [3.8, 4) is 28.1 Å². The van der Waals surface area contributed by atoms with Gasteiger partial charge < -0.3 is 20.9 Å². The van der Waals surface area contributed by atoms with Gasteiger partial charge >= 0.3 is 0 Å². The van der Waals surface area contributed by atoms with Crippen LogP contribution in [0.25, 0.3) is 33.3 Å². The number of anilines is 1. The highest BCUT2D eigenvalue weighted by Crippen LogP contribution is 2.38. The van der Waals surface area contributed by atoms with E-state index in [2.05, 4.69) is 15.2 Å². The number of carbonyl (C=O) groups excluding carboxylic acids is 1. The predicted molar refractivity (Wildman–Crippen MR) is 129 cm³/mol. The van der Waals surface area contributed by atoms with Gasteiger partial charge in [0.05, 0.1) is 29.2 Å². The summed E-state index contributed by atoms with van der Waals surface area (Å²) in [7, 11) is 1.67. The van der Waals surface area contributed by atoms with Gasteiger partial charge in [-0.25, -0.2) is 4.98 Å². The molecule has 0 radical (unpaired) electrons. The highest BCUT2D eigenvalue weighted by Gasteiger charge is 2.20. The number of aromatic amines is 1. The van der Waals surface area contributed by atoms with E-state index in [1.54, 1.807) is 13.3 Å². The quantitative estimate of drug-likeness (QED) is 0.375. The molecule has 0 fully saturated rings. The van der Waals surface area contributed by atoms with E-state index in [0.717, 1.165) is 34.0 Å². The first-order chi connectivity index (χ1) is 15.9. The summed E-state index contributed by atoms with van der Waals surface area (Å²) in [6.07, 6.45) is 2.60. The Kier molecular flexibility index (Phi) is 6.28. The van der Waals surface area contributed by atoms with Gasteiger partial charge in [0.2, 0.25) is 0 Å². The monoisotopic (exact) mass is 445 g/mol. The minimum absolute atomic E-state index is 0.00907. The third-order valence-corrected chi connectivity index (χ3v) is 5.75. The van der Waals surface area contributed by atoms with Gasteiger partial charge in [-0.15, -0.1) is 0 Å². The van der Waals surface area contributed by atoms with Crippen LogP contribution >= 0.6 is 0 Å². The maximum absolute atomic E-state index is 12.2. The first kappa shape index (κ1) is 22.3. The molecule has 5 N–H and O–H groups in total. The molecular weight excluding hydrogens is 418 g/mol. The molecule has 1 unspecified atom stereocenters. The van der Waals surface area contributed by atoms with Crippen LogP contribution in [0.1, 0.15) is 29.4 Å². The van der Waals surface area contributed by atoms with Crippen LogP contribution in [0.2, 0.25) is 0 Å². The van der Waals surface area contributed by atoms with Crippen molar-refractivity contribution in [2.24, 2.45) is 5.73 Å². The number of benzene rings is 2. The number of ether oxygens (including phenoxy) is 2. The van der Waals surface area contributed by atoms with Crippen molar-refractivity contribution in [3.05, 3.63) is 59.9 Å². The lowest BCUT2D eigenvalue weighted by Crippen LogP contribution is -2.19. The molecule has 2 aromatic heterocycles. The fourth-order valence-corrected chi connectivity index (χ4v) is 3.87. The first-order valence-corrected chi connectivity index (χ1v) is 10.7. The number of hydrogen-bond acceptors (Lipinski definition) is 6. The lowest BCUT2D eigenvalue weighted by Gasteiger charge is -2.16. The van der Waals surface area contributed by atoms with Crippen LogP contribution in [0.15, 0.2) is 48.7 Å². The van der Waals surface area contributed by atoms with Crippen molar-refractivity contribution < 1.29 is 14.3 Å². The Labute approximate surface area is 191 Å². The molecule has 2 aromatic carbocycles. The Morgan fingerprint density at radius 1 is 1.21 bits per heavy atom. The van der Waals surface area contributed by atoms with Gasteiger partial charge in [-0.1, -0.05) is 25.1 Å². The van der Waals surface area contributed by atoms with Gasteiger partial charge in [-0.3, -0.25) is 9.89 Å². The number of hydrogen-bond donors (Lipinski definition) is 3. The highest BCUT2D eigenvalue weighted by molar-refractivity contribution is 6.05. The van der Waals surface area contributed by atoms with Crippen molar-refractivity contribution in [2.75, 3.05) is 19.5 Å². The molecule has 8 nitrogen and oxygen atoms in total. The van der Waals surface area contributed by atoms with Crippen molar-refractivity contribution in [3.63, 3.8) is 0 Å². The summed E-state index contributed by atoms with van der Waals surface area (Å²) in [5.41, 5.74) is 17.1. The second kappa shape index (κ2) is 9.30. The summed E-state index contributed by atoms with van der Waals surface area (Å²) in [5, 5.41) is 8.03. The summed E-state index contributed by atoms with van der Waals surface area (Å²) < 4.78 is 11.3. The summed E-state index contributed by atoms with van der Waals surface area (Å²) in [5.74, 6) is -0.0113. The lowest BCUT2D eigenvalue weighted by atomic mass is 9.94. The van der Waals surface area contributed by atoms with Gasteiger partial charge in [-0.2, -0.15) is 5.10 Å². The zero-order chi connectivity index (χ0) is 23.5. The van der Waals surface area contributed by atoms with Gasteiger partial charge in [0, 0.05) is 23.6 Å². The zero-order valence-electron chi connectivity index (χ0n) is 18.9. The minimum atomic E-state index is -0.689. The lowest BCUT2D eigenvalue weighted by molar-refractivity contribution is 0.0556. The standard InChI is InChI=1S/C25H27N5O3/c1-4-16(32-3)13-33-17-7-5-6-15(10-17)21-11-18(23(26)24(29-21)25(27)31)22-14(2)8-9-20-19(22)12-28-30-20/h5-12,16H,4,13,26H2,1-3H3,(H2,27,31)(H,28,30). The summed E-state index contributed by atoms with van der Waals surface area (Å²) in [4.78, 5) is 16.7. The molecule has 0 aliphatic carbocycles. The highest BCUT2D eigenvalue weighted by atomic mass is 16.5. The Morgan fingerprint density at radius 3 is 2.76 bits per heavy atom. The molecule has 8 heteroatoms. The van der Waals surface area contributed by atoms with Gasteiger partial charge in [-0.05, 0) is 48.7 Å². The Balaban J connectivity index is 1.84. The molecule has 0 bridgehead atoms. The number of aromatic nitrogens is 3. The average molecular weight is 446 g/mol. The number of aryl methyl sites for hydroxylation is 1. The van der Waals surface area contributed by atoms with E-state index in [1.807, 2.05) is 56.3 Å². The molecule has 0 aliphatic rings. The molecule has 2 heterocycles. The van der Waals surface area contributed by atoms with Crippen molar-refractivity contribution in [2.45, 2.75) is 26.4 Å². The van der Waals surface area contributed by atoms with E-state index in [9.17, 15) is 4.79 Å². The molecule has 1 amide bonds. The van der Waals surface area contributed by atoms with E-state index in [4.69, 9.17) is 20.9 Å². The van der Waals surface area contributed by atoms with Gasteiger partial charge in [0.15, 0.2) is 5.69 Å². The summed E-state index contributed by atoms with van der Waals surface area (Å²) in [6.45, 7) is 4.46. The molecular formula is C25H27N5O3. The van der Waals surface area contributed by atoms with Gasteiger partial charge in [0.1, 0.15) is 12.4 Å². The minimum Gasteiger partial charge on any atom is -0.491 e. The van der Waals surface area contributed by atoms with Crippen LogP contribution in [0.4, 0.5) is 5.69 Å². The number of H-pyrrole nitrogens is 1. The fourth-order valence-electron chi connectivity index (χ4n) is 3.87. The first-order valence-electron chi connectivity index (χ1n) is 10.7. The third kappa shape index (κ3) is 4.38. The molecule has 0 saturated carbocycles. The Hall–Kier alpha value is -3.91. The summed E-state index contributed by atoms with van der Waals surface area (Å²) in [6, 6.07) is 13.3. The van der Waals surface area contributed by atoms with E-state index in [0.29, 0.717) is 23.6 Å². The third-order valence-electron chi connectivity index (χ3n) is 5.75. The van der Waals surface area contributed by atoms with Crippen LogP contribution in [0.3, 0.4) is 0 Å². The van der Waals surface area contributed by atoms with Crippen LogP contribution in [-0.4, -0.2) is 40.9 Å². The number of amides is 1. The number of pyridine rings is 1. The predicted octanol–water partition coefficient (Wildman–Crippen LogP) is 4.09. The smallest absolute Gasteiger partial charge is 0.269 e. The maximum atomic E-state index is 12.2. The number of methoxy groups -OCH3 is 1. The maximum Gasteiger partial charge on any atom is 0.269 e. The SMILES string of the molecule is CCC(COc1cccc(-c2cc(-c3c(C)ccc4[nH]ncc34)c(N)c(C(N)=O)n2)c1)OC. The zero-order valence-corrected chi connectivity index (χ0v) is 18.9. The molecule has 0 aliphatic heterocycles. The normalized spacial score (nSPS) is 12.1. The average Bonchev–Trinajstić information content (AvgIpc) is 3.29. The van der Waals surface area contributed by atoms with E-state index < -0.39 is 5.91 Å². The fraction of sp³-hybridized carbons (Fsp3) is 0.240. The number of carbonyl (C=O) groups is 1. The molecule has 0 spiro atoms. The van der Waals surface area contributed by atoms with Crippen molar-refractivity contribution in [1.82, 2.24) is 15.2 Å². The second-order valence-corrected chi connectivity index (χ2v) is 7.88. The largest absolute Gasteiger partial charge is 0.491 e. The number of fused-ring (bicyclic) bond motifs is 1. The van der Waals surface area contributed by atoms with Crippen LogP contribution in [0.5, 0.6) is 5.75 Å². The molecule has 170 valence electrons. The van der Waals surface area contributed by atoms with E-state index in [1.165, 1.54) is 0 Å². The number of nitrogens with two attached hydrogens (primary N) is 2. The molecule has 1 atom stereocenters. The van der Waals surface area contributed by atoms with Gasteiger partial charge in [0.25, 0.3) is 5.91 Å². The van der Waals surface area contributed by atoms with Crippen molar-refractivity contribution in [1.29, 1.82) is 0 Å². The summed E-state index contributed by atoms with van der Waals surface area (Å²) >= 11 is 0. The number of nitrogen functional groups attached to an aromatic ring is 1. The molecule has 4 aromatic rings. The number of rotatable bonds is 8. The van der Waals surface area contributed by atoms with Crippen LogP contribution in [0, 0.1) is 6.92 Å². The van der Waals surface area contributed by atoms with E-state index in [-0.39, 0.29) is 17.5 Å². The van der Waals surface area contributed by atoms with Crippen LogP contribution < -0.4 is 16.2 Å². The number of nitrogens with one attached hydrogen (secondary N) is 1. The topological polar surface area (TPSA) is 129 Å². The molecule has 33 heavy (non-hydrogen) atoms. The molecule has 4 rings (SSSR count). The van der Waals surface area contributed by atoms with E-state index >= 15 is 0 Å².